The van der Waals surface area contributed by atoms with Crippen LogP contribution in [0, 0.1) is 6.92 Å². The Bertz CT molecular complexity index is 770. The fourth-order valence-corrected chi connectivity index (χ4v) is 3.20. The van der Waals surface area contributed by atoms with Gasteiger partial charge in [0.05, 0.1) is 18.1 Å². The Morgan fingerprint density at radius 1 is 0.917 bits per heavy atom. The van der Waals surface area contributed by atoms with Crippen LogP contribution >= 0.6 is 0 Å². The first-order valence-corrected chi connectivity index (χ1v) is 9.39. The van der Waals surface area contributed by atoms with Gasteiger partial charge in [0, 0.05) is 6.54 Å². The average Bonchev–Trinajstić information content (AvgIpc) is 2.56. The minimum atomic E-state index is -3.54. The van der Waals surface area contributed by atoms with Crippen LogP contribution in [0.25, 0.3) is 0 Å². The number of sulfonamides is 1. The molecule has 0 amide bonds. The van der Waals surface area contributed by atoms with E-state index in [2.05, 4.69) is 4.72 Å². The lowest BCUT2D eigenvalue weighted by molar-refractivity contribution is 0.287. The van der Waals surface area contributed by atoms with Gasteiger partial charge in [0.2, 0.25) is 10.0 Å². The molecule has 0 radical (unpaired) electrons. The van der Waals surface area contributed by atoms with Crippen LogP contribution in [0.3, 0.4) is 0 Å². The normalized spacial score (nSPS) is 11.3. The van der Waals surface area contributed by atoms with E-state index in [0.717, 1.165) is 11.1 Å². The van der Waals surface area contributed by atoms with Crippen LogP contribution in [0.15, 0.2) is 47.4 Å². The molecule has 0 saturated carbocycles. The predicted molar refractivity (Wildman–Crippen MR) is 94.0 cm³/mol. The van der Waals surface area contributed by atoms with Gasteiger partial charge in [0.25, 0.3) is 0 Å². The summed E-state index contributed by atoms with van der Waals surface area (Å²) in [5, 5.41) is 0. The Hall–Kier alpha value is -2.05. The van der Waals surface area contributed by atoms with Crippen molar-refractivity contribution in [2.75, 3.05) is 13.2 Å². The first-order valence-electron chi connectivity index (χ1n) is 7.91. The van der Waals surface area contributed by atoms with Gasteiger partial charge in [-0.05, 0) is 50.6 Å². The van der Waals surface area contributed by atoms with E-state index >= 15 is 0 Å². The van der Waals surface area contributed by atoms with Crippen molar-refractivity contribution >= 4 is 10.0 Å². The molecule has 2 rings (SSSR count). The molecule has 0 aromatic heterocycles. The van der Waals surface area contributed by atoms with Crippen molar-refractivity contribution in [1.29, 1.82) is 0 Å². The molecule has 0 heterocycles. The van der Waals surface area contributed by atoms with Gasteiger partial charge in [-0.25, -0.2) is 13.1 Å². The Kier molecular flexibility index (Phi) is 6.23. The third kappa shape index (κ3) is 4.72. The highest BCUT2D eigenvalue weighted by atomic mass is 32.2. The summed E-state index contributed by atoms with van der Waals surface area (Å²) in [6.45, 7) is 6.95. The Morgan fingerprint density at radius 3 is 2.17 bits per heavy atom. The molecule has 0 bridgehead atoms. The number of hydrogen-bond donors (Lipinski definition) is 1. The van der Waals surface area contributed by atoms with E-state index in [-0.39, 0.29) is 11.4 Å². The first kappa shape index (κ1) is 18.3. The van der Waals surface area contributed by atoms with Gasteiger partial charge in [0.15, 0.2) is 11.5 Å². The molecule has 0 fully saturated rings. The van der Waals surface area contributed by atoms with Crippen LogP contribution in [0.1, 0.15) is 25.0 Å². The van der Waals surface area contributed by atoms with Gasteiger partial charge in [0.1, 0.15) is 0 Å². The van der Waals surface area contributed by atoms with Crippen LogP contribution in [0.5, 0.6) is 11.5 Å². The molecule has 0 unspecified atom stereocenters. The highest BCUT2D eigenvalue weighted by Crippen LogP contribution is 2.28. The Balaban J connectivity index is 2.13. The quantitative estimate of drug-likeness (QED) is 0.794. The number of rotatable bonds is 8. The molecule has 0 aliphatic carbocycles. The lowest BCUT2D eigenvalue weighted by atomic mass is 10.2. The molecule has 5 nitrogen and oxygen atoms in total. The van der Waals surface area contributed by atoms with E-state index in [1.165, 1.54) is 0 Å². The number of hydrogen-bond acceptors (Lipinski definition) is 4. The summed E-state index contributed by atoms with van der Waals surface area (Å²) in [4.78, 5) is 0.254. The maximum atomic E-state index is 12.3. The zero-order chi connectivity index (χ0) is 17.6. The van der Waals surface area contributed by atoms with Crippen LogP contribution in [-0.4, -0.2) is 21.6 Å². The summed E-state index contributed by atoms with van der Waals surface area (Å²) in [7, 11) is -3.54. The number of aryl methyl sites for hydroxylation is 1. The third-order valence-corrected chi connectivity index (χ3v) is 4.82. The molecule has 24 heavy (non-hydrogen) atoms. The van der Waals surface area contributed by atoms with E-state index in [9.17, 15) is 8.42 Å². The summed E-state index contributed by atoms with van der Waals surface area (Å²) in [5.41, 5.74) is 1.82. The molecule has 2 aromatic rings. The SMILES string of the molecule is CCOc1ccc(CNS(=O)(=O)c2ccc(C)cc2)cc1OCC. The lowest BCUT2D eigenvalue weighted by Crippen LogP contribution is -2.23. The van der Waals surface area contributed by atoms with E-state index in [0.29, 0.717) is 24.7 Å². The molecule has 0 saturated heterocycles. The number of benzene rings is 2. The second-order valence-electron chi connectivity index (χ2n) is 5.28. The van der Waals surface area contributed by atoms with Gasteiger partial charge in [-0.15, -0.1) is 0 Å². The third-order valence-electron chi connectivity index (χ3n) is 3.41. The lowest BCUT2D eigenvalue weighted by Gasteiger charge is -2.13. The standard InChI is InChI=1S/C18H23NO4S/c1-4-22-17-11-8-15(12-18(17)23-5-2)13-19-24(20,21)16-9-6-14(3)7-10-16/h6-12,19H,4-5,13H2,1-3H3. The van der Waals surface area contributed by atoms with Crippen LogP contribution in [0.4, 0.5) is 0 Å². The molecular formula is C18H23NO4S. The highest BCUT2D eigenvalue weighted by molar-refractivity contribution is 7.89. The topological polar surface area (TPSA) is 64.6 Å². The molecule has 2 aromatic carbocycles. The smallest absolute Gasteiger partial charge is 0.240 e. The minimum Gasteiger partial charge on any atom is -0.490 e. The summed E-state index contributed by atoms with van der Waals surface area (Å²) in [5.74, 6) is 1.27. The van der Waals surface area contributed by atoms with E-state index in [1.807, 2.05) is 26.8 Å². The van der Waals surface area contributed by atoms with E-state index in [1.54, 1.807) is 36.4 Å². The zero-order valence-electron chi connectivity index (χ0n) is 14.2. The van der Waals surface area contributed by atoms with Crippen LogP contribution in [-0.2, 0) is 16.6 Å². The average molecular weight is 349 g/mol. The molecule has 0 atom stereocenters. The van der Waals surface area contributed by atoms with Crippen molar-refractivity contribution in [3.8, 4) is 11.5 Å². The Labute approximate surface area is 143 Å². The maximum Gasteiger partial charge on any atom is 0.240 e. The van der Waals surface area contributed by atoms with Gasteiger partial charge in [-0.3, -0.25) is 0 Å². The van der Waals surface area contributed by atoms with E-state index in [4.69, 9.17) is 9.47 Å². The van der Waals surface area contributed by atoms with Gasteiger partial charge < -0.3 is 9.47 Å². The first-order chi connectivity index (χ1) is 11.5. The van der Waals surface area contributed by atoms with Crippen molar-refractivity contribution in [3.05, 3.63) is 53.6 Å². The Morgan fingerprint density at radius 2 is 1.54 bits per heavy atom. The summed E-state index contributed by atoms with van der Waals surface area (Å²) < 4.78 is 38.3. The minimum absolute atomic E-state index is 0.183. The number of ether oxygens (including phenoxy) is 2. The van der Waals surface area contributed by atoms with Crippen LogP contribution < -0.4 is 14.2 Å². The molecule has 0 spiro atoms. The second kappa shape index (κ2) is 8.17. The van der Waals surface area contributed by atoms with Crippen molar-refractivity contribution in [2.24, 2.45) is 0 Å². The summed E-state index contributed by atoms with van der Waals surface area (Å²) >= 11 is 0. The van der Waals surface area contributed by atoms with Crippen LogP contribution in [0.2, 0.25) is 0 Å². The molecule has 0 aliphatic heterocycles. The molecule has 6 heteroatoms. The van der Waals surface area contributed by atoms with E-state index < -0.39 is 10.0 Å². The van der Waals surface area contributed by atoms with Gasteiger partial charge in [-0.1, -0.05) is 23.8 Å². The largest absolute Gasteiger partial charge is 0.490 e. The summed E-state index contributed by atoms with van der Waals surface area (Å²) in [6.07, 6.45) is 0. The molecular weight excluding hydrogens is 326 g/mol. The fraction of sp³-hybridized carbons (Fsp3) is 0.333. The summed E-state index contributed by atoms with van der Waals surface area (Å²) in [6, 6.07) is 12.2. The van der Waals surface area contributed by atoms with Crippen molar-refractivity contribution in [2.45, 2.75) is 32.2 Å². The number of nitrogens with one attached hydrogen (secondary N) is 1. The molecule has 0 aliphatic rings. The molecule has 130 valence electrons. The highest BCUT2D eigenvalue weighted by Gasteiger charge is 2.14. The predicted octanol–water partition coefficient (Wildman–Crippen LogP) is 3.27. The monoisotopic (exact) mass is 349 g/mol. The zero-order valence-corrected chi connectivity index (χ0v) is 15.0. The van der Waals surface area contributed by atoms with Gasteiger partial charge in [-0.2, -0.15) is 0 Å². The molecule has 1 N–H and O–H groups in total. The second-order valence-corrected chi connectivity index (χ2v) is 7.05. The van der Waals surface area contributed by atoms with Crippen molar-refractivity contribution < 1.29 is 17.9 Å². The fourth-order valence-electron chi connectivity index (χ4n) is 2.18. The van der Waals surface area contributed by atoms with Gasteiger partial charge >= 0.3 is 0 Å². The van der Waals surface area contributed by atoms with Crippen molar-refractivity contribution in [1.82, 2.24) is 4.72 Å². The maximum absolute atomic E-state index is 12.3. The van der Waals surface area contributed by atoms with Crippen molar-refractivity contribution in [3.63, 3.8) is 0 Å².